The van der Waals surface area contributed by atoms with Gasteiger partial charge in [-0.2, -0.15) is 0 Å². The zero-order valence-electron chi connectivity index (χ0n) is 16.0. The molecule has 0 radical (unpaired) electrons. The number of pyridine rings is 1. The van der Waals surface area contributed by atoms with Gasteiger partial charge in [0.15, 0.2) is 5.65 Å². The summed E-state index contributed by atoms with van der Waals surface area (Å²) in [6, 6.07) is 30.7. The molecule has 0 aliphatic rings. The molecule has 0 saturated heterocycles. The molecule has 3 heteroatoms. The highest BCUT2D eigenvalue weighted by atomic mass is 15.1. The fraction of sp³-hybridized carbons (Fsp3) is 0. The van der Waals surface area contributed by atoms with Gasteiger partial charge < -0.3 is 4.40 Å². The Morgan fingerprint density at radius 1 is 0.500 bits per heavy atom. The number of hydrogen-bond acceptors (Lipinski definition) is 1. The molecule has 4 aromatic heterocycles. The topological polar surface area (TPSA) is 21.7 Å². The maximum Gasteiger partial charge on any atom is 0.162 e. The molecule has 0 atom stereocenters. The van der Waals surface area contributed by atoms with E-state index < -0.39 is 0 Å². The highest BCUT2D eigenvalue weighted by Gasteiger charge is 2.21. The minimum atomic E-state index is 1.01. The lowest BCUT2D eigenvalue weighted by Crippen LogP contribution is -1.98. The third kappa shape index (κ3) is 1.55. The Bertz CT molecular complexity index is 1950. The van der Waals surface area contributed by atoms with E-state index in [1.54, 1.807) is 0 Å². The second kappa shape index (κ2) is 4.89. The predicted octanol–water partition coefficient (Wildman–Crippen LogP) is 6.79. The largest absolute Gasteiger partial charge is 0.304 e. The van der Waals surface area contributed by atoms with Gasteiger partial charge in [0.2, 0.25) is 0 Å². The lowest BCUT2D eigenvalue weighted by atomic mass is 10.1. The highest BCUT2D eigenvalue weighted by molar-refractivity contribution is 6.22. The lowest BCUT2D eigenvalue weighted by Gasteiger charge is -2.10. The van der Waals surface area contributed by atoms with E-state index in [1.165, 1.54) is 59.9 Å². The second-order valence-electron chi connectivity index (χ2n) is 8.11. The molecule has 4 aromatic carbocycles. The van der Waals surface area contributed by atoms with Gasteiger partial charge >= 0.3 is 0 Å². The number of rotatable bonds is 0. The summed E-state index contributed by atoms with van der Waals surface area (Å²) >= 11 is 0. The van der Waals surface area contributed by atoms with Crippen molar-refractivity contribution < 1.29 is 0 Å². The molecule has 0 N–H and O–H groups in total. The van der Waals surface area contributed by atoms with Gasteiger partial charge in [-0.1, -0.05) is 54.6 Å². The van der Waals surface area contributed by atoms with Crippen LogP contribution in [0.1, 0.15) is 0 Å². The lowest BCUT2D eigenvalue weighted by molar-refractivity contribution is 1.20. The van der Waals surface area contributed by atoms with Crippen molar-refractivity contribution >= 4 is 65.5 Å². The van der Waals surface area contributed by atoms with Gasteiger partial charge in [0.05, 0.1) is 27.6 Å². The molecule has 0 saturated carbocycles. The number of para-hydroxylation sites is 2. The average molecular weight is 381 g/mol. The first-order chi connectivity index (χ1) is 14.9. The van der Waals surface area contributed by atoms with Gasteiger partial charge in [-0.05, 0) is 41.1 Å². The van der Waals surface area contributed by atoms with Crippen LogP contribution in [0.15, 0.2) is 91.1 Å². The summed E-state index contributed by atoms with van der Waals surface area (Å²) in [5.41, 5.74) is 7.10. The molecule has 8 aromatic rings. The zero-order chi connectivity index (χ0) is 19.4. The molecule has 0 bridgehead atoms. The van der Waals surface area contributed by atoms with Crippen LogP contribution in [0.2, 0.25) is 0 Å². The van der Waals surface area contributed by atoms with Gasteiger partial charge in [0.25, 0.3) is 0 Å². The first-order valence-electron chi connectivity index (χ1n) is 10.2. The molecule has 0 aliphatic carbocycles. The average Bonchev–Trinajstić information content (AvgIpc) is 3.31. The van der Waals surface area contributed by atoms with E-state index in [4.69, 9.17) is 4.98 Å². The van der Waals surface area contributed by atoms with Crippen LogP contribution in [-0.4, -0.2) is 13.8 Å². The van der Waals surface area contributed by atoms with Crippen LogP contribution in [0.4, 0.5) is 0 Å². The van der Waals surface area contributed by atoms with Gasteiger partial charge in [0, 0.05) is 27.7 Å². The normalized spacial score (nSPS) is 12.7. The van der Waals surface area contributed by atoms with Crippen LogP contribution in [0.3, 0.4) is 0 Å². The Kier molecular flexibility index (Phi) is 2.42. The molecular formula is C27H15N3. The van der Waals surface area contributed by atoms with Crippen LogP contribution < -0.4 is 0 Å². The summed E-state index contributed by atoms with van der Waals surface area (Å²) in [5, 5.41) is 7.60. The Labute approximate surface area is 170 Å². The Hall–Kier alpha value is -4.11. The van der Waals surface area contributed by atoms with Crippen molar-refractivity contribution in [3.05, 3.63) is 91.1 Å². The van der Waals surface area contributed by atoms with Gasteiger partial charge in [-0.3, -0.25) is 4.40 Å². The van der Waals surface area contributed by atoms with Crippen LogP contribution in [-0.2, 0) is 0 Å². The van der Waals surface area contributed by atoms with E-state index in [0.29, 0.717) is 0 Å². The summed E-state index contributed by atoms with van der Waals surface area (Å²) in [4.78, 5) is 4.90. The van der Waals surface area contributed by atoms with E-state index in [-0.39, 0.29) is 0 Å². The fourth-order valence-corrected chi connectivity index (χ4v) is 5.44. The van der Waals surface area contributed by atoms with Crippen molar-refractivity contribution in [3.63, 3.8) is 0 Å². The summed E-state index contributed by atoms with van der Waals surface area (Å²) < 4.78 is 4.77. The Morgan fingerprint density at radius 3 is 2.17 bits per heavy atom. The van der Waals surface area contributed by atoms with E-state index in [2.05, 4.69) is 93.7 Å². The maximum atomic E-state index is 4.90. The van der Waals surface area contributed by atoms with Crippen molar-refractivity contribution in [2.75, 3.05) is 0 Å². The number of aromatic nitrogens is 3. The summed E-state index contributed by atoms with van der Waals surface area (Å²) in [6.07, 6.45) is 1.95. The van der Waals surface area contributed by atoms with E-state index in [9.17, 15) is 0 Å². The number of fused-ring (bicyclic) bond motifs is 9. The molecule has 3 nitrogen and oxygen atoms in total. The molecule has 30 heavy (non-hydrogen) atoms. The monoisotopic (exact) mass is 381 g/mol. The van der Waals surface area contributed by atoms with Crippen molar-refractivity contribution in [1.29, 1.82) is 0 Å². The molecule has 0 aliphatic heterocycles. The van der Waals surface area contributed by atoms with Gasteiger partial charge in [-0.25, -0.2) is 4.98 Å². The standard InChI is InChI=1S/C27H15N3/c1-2-7-17-15-24-21(14-16(17)6-1)19-9-5-11-23-25(19)30(24)27-26-20(12-13-28-27)18-8-3-4-10-22(18)29(23)26/h1-15H. The van der Waals surface area contributed by atoms with Crippen LogP contribution in [0, 0.1) is 0 Å². The Morgan fingerprint density at radius 2 is 1.23 bits per heavy atom. The predicted molar refractivity (Wildman–Crippen MR) is 125 cm³/mol. The third-order valence-electron chi connectivity index (χ3n) is 6.65. The van der Waals surface area contributed by atoms with Crippen molar-refractivity contribution in [2.24, 2.45) is 0 Å². The third-order valence-corrected chi connectivity index (χ3v) is 6.65. The maximum absolute atomic E-state index is 4.90. The van der Waals surface area contributed by atoms with Gasteiger partial charge in [0.1, 0.15) is 0 Å². The van der Waals surface area contributed by atoms with Crippen molar-refractivity contribution in [3.8, 4) is 0 Å². The van der Waals surface area contributed by atoms with E-state index >= 15 is 0 Å². The van der Waals surface area contributed by atoms with E-state index in [0.717, 1.165) is 5.65 Å². The second-order valence-corrected chi connectivity index (χ2v) is 8.11. The fourth-order valence-electron chi connectivity index (χ4n) is 5.44. The summed E-state index contributed by atoms with van der Waals surface area (Å²) in [6.45, 7) is 0. The van der Waals surface area contributed by atoms with Crippen molar-refractivity contribution in [1.82, 2.24) is 13.8 Å². The molecular weight excluding hydrogens is 366 g/mol. The summed E-state index contributed by atoms with van der Waals surface area (Å²) in [5.74, 6) is 0. The quantitative estimate of drug-likeness (QED) is 0.265. The number of benzene rings is 4. The van der Waals surface area contributed by atoms with E-state index in [1.807, 2.05) is 6.20 Å². The summed E-state index contributed by atoms with van der Waals surface area (Å²) in [7, 11) is 0. The molecule has 0 fully saturated rings. The SMILES string of the molecule is c1ccc2cc3c(cc2c1)c1cccc2c1n3c1nccc3c4ccccc4n2c31. The molecule has 4 heterocycles. The minimum Gasteiger partial charge on any atom is -0.304 e. The van der Waals surface area contributed by atoms with Crippen LogP contribution >= 0.6 is 0 Å². The molecule has 138 valence electrons. The minimum absolute atomic E-state index is 1.01. The van der Waals surface area contributed by atoms with Crippen LogP contribution in [0.25, 0.3) is 65.5 Å². The Balaban J connectivity index is 1.81. The number of hydrogen-bond donors (Lipinski definition) is 0. The molecule has 0 spiro atoms. The highest BCUT2D eigenvalue weighted by Crippen LogP contribution is 2.40. The molecule has 0 unspecified atom stereocenters. The van der Waals surface area contributed by atoms with Gasteiger partial charge in [-0.15, -0.1) is 0 Å². The molecule has 0 amide bonds. The zero-order valence-corrected chi connectivity index (χ0v) is 16.0. The molecule has 8 rings (SSSR count). The van der Waals surface area contributed by atoms with Crippen molar-refractivity contribution in [2.45, 2.75) is 0 Å². The first kappa shape index (κ1) is 14.8. The number of nitrogens with zero attached hydrogens (tertiary/aromatic N) is 3. The van der Waals surface area contributed by atoms with Crippen LogP contribution in [0.5, 0.6) is 0 Å². The first-order valence-corrected chi connectivity index (χ1v) is 10.2. The smallest absolute Gasteiger partial charge is 0.162 e.